The third-order valence-corrected chi connectivity index (χ3v) is 3.25. The molecule has 1 heterocycles. The summed E-state index contributed by atoms with van der Waals surface area (Å²) in [6, 6.07) is 4.23. The van der Waals surface area contributed by atoms with Crippen LogP contribution in [0.15, 0.2) is 24.5 Å². The second kappa shape index (κ2) is 9.17. The molecule has 2 N–H and O–H groups in total. The van der Waals surface area contributed by atoms with Gasteiger partial charge in [0.1, 0.15) is 0 Å². The third-order valence-electron chi connectivity index (χ3n) is 3.25. The van der Waals surface area contributed by atoms with E-state index in [0.717, 1.165) is 6.42 Å². The summed E-state index contributed by atoms with van der Waals surface area (Å²) in [4.78, 5) is 4.01. The molecule has 0 spiro atoms. The fourth-order valence-corrected chi connectivity index (χ4v) is 2.10. The first-order valence-electron chi connectivity index (χ1n) is 7.00. The van der Waals surface area contributed by atoms with Crippen LogP contribution < -0.4 is 5.73 Å². The monoisotopic (exact) mass is 234 g/mol. The molecule has 0 amide bonds. The van der Waals surface area contributed by atoms with E-state index in [2.05, 4.69) is 11.9 Å². The van der Waals surface area contributed by atoms with Gasteiger partial charge < -0.3 is 5.73 Å². The second-order valence-electron chi connectivity index (χ2n) is 4.80. The van der Waals surface area contributed by atoms with Crippen LogP contribution in [-0.2, 0) is 0 Å². The zero-order valence-corrected chi connectivity index (χ0v) is 11.1. The molecule has 0 aliphatic rings. The Balaban J connectivity index is 2.03. The number of hydrogen-bond acceptors (Lipinski definition) is 2. The highest BCUT2D eigenvalue weighted by atomic mass is 14.6. The first kappa shape index (κ1) is 14.2. The maximum Gasteiger partial charge on any atom is 0.0295 e. The average molecular weight is 234 g/mol. The minimum Gasteiger partial charge on any atom is -0.324 e. The molecular formula is C15H26N2. The van der Waals surface area contributed by atoms with E-state index >= 15 is 0 Å². The number of pyridine rings is 1. The smallest absolute Gasteiger partial charge is 0.0295 e. The predicted octanol–water partition coefficient (Wildman–Crippen LogP) is 4.22. The molecule has 0 bridgehead atoms. The highest BCUT2D eigenvalue weighted by Crippen LogP contribution is 2.17. The lowest BCUT2D eigenvalue weighted by atomic mass is 10.0. The van der Waals surface area contributed by atoms with Gasteiger partial charge in [-0.2, -0.15) is 0 Å². The predicted molar refractivity (Wildman–Crippen MR) is 73.8 cm³/mol. The molecule has 0 radical (unpaired) electrons. The number of hydrogen-bond donors (Lipinski definition) is 1. The van der Waals surface area contributed by atoms with E-state index in [1.807, 2.05) is 24.5 Å². The van der Waals surface area contributed by atoms with Crippen molar-refractivity contribution in [2.45, 2.75) is 64.3 Å². The SMILES string of the molecule is CCCCCCCCCC(N)c1ccncc1. The van der Waals surface area contributed by atoms with Crippen molar-refractivity contribution in [2.75, 3.05) is 0 Å². The minimum atomic E-state index is 0.189. The summed E-state index contributed by atoms with van der Waals surface area (Å²) in [7, 11) is 0. The molecule has 17 heavy (non-hydrogen) atoms. The molecule has 0 aliphatic heterocycles. The van der Waals surface area contributed by atoms with Gasteiger partial charge in [-0.25, -0.2) is 0 Å². The fraction of sp³-hybridized carbons (Fsp3) is 0.667. The van der Waals surface area contributed by atoms with Crippen LogP contribution in [0.4, 0.5) is 0 Å². The quantitative estimate of drug-likeness (QED) is 0.650. The molecule has 1 atom stereocenters. The first-order chi connectivity index (χ1) is 8.34. The molecule has 1 aromatic heterocycles. The lowest BCUT2D eigenvalue weighted by Gasteiger charge is -2.11. The highest BCUT2D eigenvalue weighted by molar-refractivity contribution is 5.13. The molecule has 0 saturated heterocycles. The van der Waals surface area contributed by atoms with Crippen LogP contribution in [0.1, 0.15) is 69.9 Å². The van der Waals surface area contributed by atoms with Crippen molar-refractivity contribution >= 4 is 0 Å². The van der Waals surface area contributed by atoms with E-state index in [1.165, 1.54) is 50.5 Å². The zero-order valence-electron chi connectivity index (χ0n) is 11.1. The lowest BCUT2D eigenvalue weighted by molar-refractivity contribution is 0.541. The van der Waals surface area contributed by atoms with E-state index in [1.54, 1.807) is 0 Å². The number of nitrogens with zero attached hydrogens (tertiary/aromatic N) is 1. The largest absolute Gasteiger partial charge is 0.324 e. The molecule has 1 rings (SSSR count). The molecule has 2 heteroatoms. The van der Waals surface area contributed by atoms with Crippen molar-refractivity contribution in [1.29, 1.82) is 0 Å². The Hall–Kier alpha value is -0.890. The summed E-state index contributed by atoms with van der Waals surface area (Å²) in [5.74, 6) is 0. The summed E-state index contributed by atoms with van der Waals surface area (Å²) in [5.41, 5.74) is 7.34. The van der Waals surface area contributed by atoms with Crippen LogP contribution in [0.2, 0.25) is 0 Å². The summed E-state index contributed by atoms with van der Waals surface area (Å²) >= 11 is 0. The summed E-state index contributed by atoms with van der Waals surface area (Å²) < 4.78 is 0. The number of rotatable bonds is 9. The molecular weight excluding hydrogens is 208 g/mol. The maximum absolute atomic E-state index is 6.13. The standard InChI is InChI=1S/C15H26N2/c1-2-3-4-5-6-7-8-9-15(16)14-10-12-17-13-11-14/h10-13,15H,2-9,16H2,1H3. The van der Waals surface area contributed by atoms with Gasteiger partial charge in [0, 0.05) is 18.4 Å². The van der Waals surface area contributed by atoms with Crippen molar-refractivity contribution in [2.24, 2.45) is 5.73 Å². The van der Waals surface area contributed by atoms with Crippen molar-refractivity contribution in [3.05, 3.63) is 30.1 Å². The van der Waals surface area contributed by atoms with Gasteiger partial charge in [-0.3, -0.25) is 4.98 Å². The number of nitrogens with two attached hydrogens (primary N) is 1. The van der Waals surface area contributed by atoms with Crippen molar-refractivity contribution in [3.63, 3.8) is 0 Å². The lowest BCUT2D eigenvalue weighted by Crippen LogP contribution is -2.09. The van der Waals surface area contributed by atoms with Crippen LogP contribution >= 0.6 is 0 Å². The van der Waals surface area contributed by atoms with E-state index in [4.69, 9.17) is 5.73 Å². The molecule has 0 saturated carbocycles. The molecule has 1 unspecified atom stereocenters. The molecule has 0 aliphatic carbocycles. The van der Waals surface area contributed by atoms with E-state index in [-0.39, 0.29) is 6.04 Å². The van der Waals surface area contributed by atoms with Crippen molar-refractivity contribution in [3.8, 4) is 0 Å². The number of unbranched alkanes of at least 4 members (excludes halogenated alkanes) is 6. The molecule has 0 fully saturated rings. The van der Waals surface area contributed by atoms with E-state index < -0.39 is 0 Å². The Morgan fingerprint density at radius 3 is 2.24 bits per heavy atom. The van der Waals surface area contributed by atoms with Gasteiger partial charge in [-0.05, 0) is 24.1 Å². The molecule has 1 aromatic rings. The van der Waals surface area contributed by atoms with Gasteiger partial charge >= 0.3 is 0 Å². The van der Waals surface area contributed by atoms with E-state index in [0.29, 0.717) is 0 Å². The fourth-order valence-electron chi connectivity index (χ4n) is 2.10. The summed E-state index contributed by atoms with van der Waals surface area (Å²) in [6.45, 7) is 2.26. The maximum atomic E-state index is 6.13. The van der Waals surface area contributed by atoms with Crippen LogP contribution in [0.5, 0.6) is 0 Å². The molecule has 96 valence electrons. The summed E-state index contributed by atoms with van der Waals surface area (Å²) in [5, 5.41) is 0. The van der Waals surface area contributed by atoms with Gasteiger partial charge in [-0.1, -0.05) is 51.9 Å². The Labute approximate surface area is 106 Å². The van der Waals surface area contributed by atoms with Crippen LogP contribution in [-0.4, -0.2) is 4.98 Å². The third kappa shape index (κ3) is 6.42. The Kier molecular flexibility index (Phi) is 7.65. The van der Waals surface area contributed by atoms with Gasteiger partial charge in [0.15, 0.2) is 0 Å². The summed E-state index contributed by atoms with van der Waals surface area (Å²) in [6.07, 6.45) is 14.2. The topological polar surface area (TPSA) is 38.9 Å². The van der Waals surface area contributed by atoms with Gasteiger partial charge in [-0.15, -0.1) is 0 Å². The number of aromatic nitrogens is 1. The first-order valence-corrected chi connectivity index (χ1v) is 7.00. The van der Waals surface area contributed by atoms with Crippen LogP contribution in [0, 0.1) is 0 Å². The van der Waals surface area contributed by atoms with Gasteiger partial charge in [0.05, 0.1) is 0 Å². The Bertz CT molecular complexity index is 272. The van der Waals surface area contributed by atoms with Crippen LogP contribution in [0.3, 0.4) is 0 Å². The average Bonchev–Trinajstić information content (AvgIpc) is 2.38. The zero-order chi connectivity index (χ0) is 12.3. The van der Waals surface area contributed by atoms with Crippen LogP contribution in [0.25, 0.3) is 0 Å². The second-order valence-corrected chi connectivity index (χ2v) is 4.80. The molecule has 2 nitrogen and oxygen atoms in total. The minimum absolute atomic E-state index is 0.189. The van der Waals surface area contributed by atoms with Crippen molar-refractivity contribution < 1.29 is 0 Å². The highest BCUT2D eigenvalue weighted by Gasteiger charge is 2.04. The van der Waals surface area contributed by atoms with Gasteiger partial charge in [0.25, 0.3) is 0 Å². The van der Waals surface area contributed by atoms with Gasteiger partial charge in [0.2, 0.25) is 0 Å². The Morgan fingerprint density at radius 2 is 1.59 bits per heavy atom. The molecule has 0 aromatic carbocycles. The van der Waals surface area contributed by atoms with Crippen molar-refractivity contribution in [1.82, 2.24) is 4.98 Å². The Morgan fingerprint density at radius 1 is 1.00 bits per heavy atom. The van der Waals surface area contributed by atoms with E-state index in [9.17, 15) is 0 Å². The normalized spacial score (nSPS) is 12.6.